The van der Waals surface area contributed by atoms with Gasteiger partial charge in [-0.15, -0.1) is 0 Å². The molecule has 0 radical (unpaired) electrons. The van der Waals surface area contributed by atoms with Crippen molar-refractivity contribution in [2.24, 2.45) is 5.92 Å². The average molecular weight is 360 g/mol. The molecule has 1 aromatic heterocycles. The van der Waals surface area contributed by atoms with E-state index in [4.69, 9.17) is 9.15 Å². The SMILES string of the molecule is O=c1[nH]c2ccc(S(=O)(=O)NCC3COc4ccccc4C3)cc2o1. The number of aromatic amines is 1. The summed E-state index contributed by atoms with van der Waals surface area (Å²) in [6, 6.07) is 12.0. The third-order valence-corrected chi connectivity index (χ3v) is 5.64. The maximum Gasteiger partial charge on any atom is 0.417 e. The molecule has 8 heteroatoms. The van der Waals surface area contributed by atoms with Crippen molar-refractivity contribution in [3.8, 4) is 5.75 Å². The number of sulfonamides is 1. The van der Waals surface area contributed by atoms with Crippen molar-refractivity contribution in [2.45, 2.75) is 11.3 Å². The molecule has 1 aliphatic rings. The van der Waals surface area contributed by atoms with Crippen LogP contribution in [0.5, 0.6) is 5.75 Å². The fraction of sp³-hybridized carbons (Fsp3) is 0.235. The Morgan fingerprint density at radius 1 is 1.20 bits per heavy atom. The van der Waals surface area contributed by atoms with Gasteiger partial charge in [-0.05, 0) is 30.2 Å². The van der Waals surface area contributed by atoms with E-state index in [-0.39, 0.29) is 22.9 Å². The van der Waals surface area contributed by atoms with E-state index in [1.165, 1.54) is 18.2 Å². The molecule has 0 spiro atoms. The van der Waals surface area contributed by atoms with Crippen LogP contribution in [0.15, 0.2) is 56.6 Å². The third kappa shape index (κ3) is 3.18. The highest BCUT2D eigenvalue weighted by molar-refractivity contribution is 7.89. The number of para-hydroxylation sites is 1. The molecule has 0 bridgehead atoms. The van der Waals surface area contributed by atoms with Crippen LogP contribution in [0.3, 0.4) is 0 Å². The summed E-state index contributed by atoms with van der Waals surface area (Å²) >= 11 is 0. The van der Waals surface area contributed by atoms with Crippen LogP contribution < -0.4 is 15.2 Å². The average Bonchev–Trinajstić information content (AvgIpc) is 2.99. The van der Waals surface area contributed by atoms with Gasteiger partial charge in [0.25, 0.3) is 0 Å². The van der Waals surface area contributed by atoms with E-state index in [2.05, 4.69) is 9.71 Å². The van der Waals surface area contributed by atoms with E-state index in [1.807, 2.05) is 24.3 Å². The summed E-state index contributed by atoms with van der Waals surface area (Å²) in [5.74, 6) is 0.295. The van der Waals surface area contributed by atoms with Crippen molar-refractivity contribution in [2.75, 3.05) is 13.2 Å². The summed E-state index contributed by atoms with van der Waals surface area (Å²) in [7, 11) is -3.70. The second kappa shape index (κ2) is 6.05. The van der Waals surface area contributed by atoms with Gasteiger partial charge in [-0.2, -0.15) is 0 Å². The van der Waals surface area contributed by atoms with Gasteiger partial charge in [0, 0.05) is 18.5 Å². The maximum absolute atomic E-state index is 12.5. The van der Waals surface area contributed by atoms with Crippen LogP contribution in [0.25, 0.3) is 11.1 Å². The van der Waals surface area contributed by atoms with Crippen molar-refractivity contribution in [1.29, 1.82) is 0 Å². The summed E-state index contributed by atoms with van der Waals surface area (Å²) in [5.41, 5.74) is 1.75. The molecule has 0 saturated carbocycles. The molecule has 1 aliphatic heterocycles. The third-order valence-electron chi connectivity index (χ3n) is 4.22. The summed E-state index contributed by atoms with van der Waals surface area (Å²) < 4.78 is 38.2. The lowest BCUT2D eigenvalue weighted by molar-refractivity contribution is 0.223. The minimum absolute atomic E-state index is 0.0543. The molecule has 4 rings (SSSR count). The van der Waals surface area contributed by atoms with Crippen molar-refractivity contribution >= 4 is 21.1 Å². The van der Waals surface area contributed by atoms with E-state index >= 15 is 0 Å². The Morgan fingerprint density at radius 2 is 2.04 bits per heavy atom. The van der Waals surface area contributed by atoms with Crippen molar-refractivity contribution < 1.29 is 17.6 Å². The van der Waals surface area contributed by atoms with Gasteiger partial charge in [0.15, 0.2) is 5.58 Å². The van der Waals surface area contributed by atoms with Gasteiger partial charge in [0.05, 0.1) is 17.0 Å². The summed E-state index contributed by atoms with van der Waals surface area (Å²) in [4.78, 5) is 13.7. The smallest absolute Gasteiger partial charge is 0.417 e. The lowest BCUT2D eigenvalue weighted by atomic mass is 9.97. The van der Waals surface area contributed by atoms with Crippen molar-refractivity contribution in [1.82, 2.24) is 9.71 Å². The number of H-pyrrole nitrogens is 1. The quantitative estimate of drug-likeness (QED) is 0.737. The van der Waals surface area contributed by atoms with Crippen LogP contribution in [0.2, 0.25) is 0 Å². The number of fused-ring (bicyclic) bond motifs is 2. The molecule has 25 heavy (non-hydrogen) atoms. The zero-order valence-electron chi connectivity index (χ0n) is 13.2. The Labute approximate surface area is 143 Å². The zero-order valence-corrected chi connectivity index (χ0v) is 14.0. The molecular formula is C17H16N2O5S. The van der Waals surface area contributed by atoms with Crippen LogP contribution in [0, 0.1) is 5.92 Å². The highest BCUT2D eigenvalue weighted by Crippen LogP contribution is 2.26. The van der Waals surface area contributed by atoms with Gasteiger partial charge in [0.2, 0.25) is 10.0 Å². The number of nitrogens with one attached hydrogen (secondary N) is 2. The molecule has 0 amide bonds. The summed E-state index contributed by atoms with van der Waals surface area (Å²) in [6.07, 6.45) is 0.754. The second-order valence-electron chi connectivity index (χ2n) is 6.01. The van der Waals surface area contributed by atoms with Gasteiger partial charge < -0.3 is 9.15 Å². The van der Waals surface area contributed by atoms with Crippen LogP contribution in [-0.2, 0) is 16.4 Å². The molecular weight excluding hydrogens is 344 g/mol. The highest BCUT2D eigenvalue weighted by atomic mass is 32.2. The van der Waals surface area contributed by atoms with E-state index in [9.17, 15) is 13.2 Å². The van der Waals surface area contributed by atoms with Crippen molar-refractivity contribution in [3.63, 3.8) is 0 Å². The molecule has 0 aliphatic carbocycles. The number of hydrogen-bond donors (Lipinski definition) is 2. The monoisotopic (exact) mass is 360 g/mol. The summed E-state index contributed by atoms with van der Waals surface area (Å²) in [6.45, 7) is 0.733. The lowest BCUT2D eigenvalue weighted by Gasteiger charge is -2.25. The van der Waals surface area contributed by atoms with Gasteiger partial charge in [-0.25, -0.2) is 17.9 Å². The van der Waals surface area contributed by atoms with Crippen LogP contribution >= 0.6 is 0 Å². The first-order chi connectivity index (χ1) is 12.0. The molecule has 2 aromatic carbocycles. The van der Waals surface area contributed by atoms with E-state index < -0.39 is 15.8 Å². The first-order valence-corrected chi connectivity index (χ1v) is 9.33. The largest absolute Gasteiger partial charge is 0.493 e. The van der Waals surface area contributed by atoms with Crippen LogP contribution in [0.1, 0.15) is 5.56 Å². The second-order valence-corrected chi connectivity index (χ2v) is 7.78. The van der Waals surface area contributed by atoms with Gasteiger partial charge in [-0.1, -0.05) is 18.2 Å². The van der Waals surface area contributed by atoms with Crippen LogP contribution in [0.4, 0.5) is 0 Å². The number of rotatable bonds is 4. The molecule has 0 fully saturated rings. The Morgan fingerprint density at radius 3 is 2.92 bits per heavy atom. The molecule has 130 valence electrons. The predicted octanol–water partition coefficient (Wildman–Crippen LogP) is 1.65. The first kappa shape index (κ1) is 15.9. The summed E-state index contributed by atoms with van der Waals surface area (Å²) in [5, 5.41) is 0. The number of benzene rings is 2. The van der Waals surface area contributed by atoms with Gasteiger partial charge >= 0.3 is 5.76 Å². The zero-order chi connectivity index (χ0) is 17.4. The Kier molecular flexibility index (Phi) is 3.85. The van der Waals surface area contributed by atoms with Crippen LogP contribution in [-0.4, -0.2) is 26.6 Å². The topological polar surface area (TPSA) is 101 Å². The highest BCUT2D eigenvalue weighted by Gasteiger charge is 2.22. The van der Waals surface area contributed by atoms with Gasteiger partial charge in [0.1, 0.15) is 5.75 Å². The molecule has 7 nitrogen and oxygen atoms in total. The minimum atomic E-state index is -3.70. The fourth-order valence-corrected chi connectivity index (χ4v) is 4.06. The molecule has 1 unspecified atom stereocenters. The Bertz CT molecular complexity index is 1080. The predicted molar refractivity (Wildman–Crippen MR) is 91.2 cm³/mol. The number of ether oxygens (including phenoxy) is 1. The number of oxazole rings is 1. The van der Waals surface area contributed by atoms with E-state index in [0.29, 0.717) is 12.1 Å². The standard InChI is InChI=1S/C17H16N2O5S/c20-17-19-14-6-5-13(8-16(14)24-17)25(21,22)18-9-11-7-12-3-1-2-4-15(12)23-10-11/h1-6,8,11,18H,7,9-10H2,(H,19,20). The number of hydrogen-bond acceptors (Lipinski definition) is 5. The van der Waals surface area contributed by atoms with Gasteiger partial charge in [-0.3, -0.25) is 4.98 Å². The fourth-order valence-electron chi connectivity index (χ4n) is 2.93. The maximum atomic E-state index is 12.5. The van der Waals surface area contributed by atoms with Crippen molar-refractivity contribution in [3.05, 3.63) is 58.6 Å². The molecule has 3 aromatic rings. The Hall–Kier alpha value is -2.58. The lowest BCUT2D eigenvalue weighted by Crippen LogP contribution is -2.34. The Balaban J connectivity index is 1.48. The molecule has 2 heterocycles. The van der Waals surface area contributed by atoms with E-state index in [1.54, 1.807) is 0 Å². The van der Waals surface area contributed by atoms with E-state index in [0.717, 1.165) is 17.7 Å². The first-order valence-electron chi connectivity index (χ1n) is 7.84. The number of aromatic nitrogens is 1. The normalized spacial score (nSPS) is 17.2. The minimum Gasteiger partial charge on any atom is -0.493 e. The molecule has 2 N–H and O–H groups in total. The molecule has 0 saturated heterocycles. The molecule has 1 atom stereocenters.